The van der Waals surface area contributed by atoms with Gasteiger partial charge in [0.2, 0.25) is 0 Å². The first kappa shape index (κ1) is 37.2. The van der Waals surface area contributed by atoms with Crippen molar-refractivity contribution in [2.24, 2.45) is 0 Å². The van der Waals surface area contributed by atoms with Crippen molar-refractivity contribution in [3.63, 3.8) is 0 Å². The molecular weight excluding hydrogens is 688 g/mol. The van der Waals surface area contributed by atoms with Crippen LogP contribution in [0.2, 0.25) is 0 Å². The molecule has 6 aliphatic heterocycles. The first-order valence-electron chi connectivity index (χ1n) is 18.8. The first-order valence-corrected chi connectivity index (χ1v) is 18.8. The third kappa shape index (κ3) is 11.2. The summed E-state index contributed by atoms with van der Waals surface area (Å²) in [6.07, 6.45) is -0.521. The van der Waals surface area contributed by atoms with Crippen molar-refractivity contribution in [3.05, 3.63) is 81.3 Å². The molecule has 0 saturated carbocycles. The summed E-state index contributed by atoms with van der Waals surface area (Å²) < 4.78 is 38.8. The minimum absolute atomic E-state index is 0.0216. The van der Waals surface area contributed by atoms with Gasteiger partial charge in [-0.2, -0.15) is 0 Å². The smallest absolute Gasteiger partial charge is 0.133 e. The van der Waals surface area contributed by atoms with Gasteiger partial charge in [0.25, 0.3) is 0 Å². The first-order chi connectivity index (χ1) is 25.6. The fourth-order valence-electron chi connectivity index (χ4n) is 6.69. The van der Waals surface area contributed by atoms with Crippen LogP contribution in [0.1, 0.15) is 96.3 Å². The summed E-state index contributed by atoms with van der Waals surface area (Å²) in [5.41, 5.74) is 3.53. The van der Waals surface area contributed by atoms with E-state index in [1.807, 2.05) is 0 Å². The molecule has 12 unspecified atom stereocenters. The van der Waals surface area contributed by atoms with E-state index >= 15 is 0 Å². The fourth-order valence-corrected chi connectivity index (χ4v) is 6.69. The maximum absolute atomic E-state index is 11.6. The molecule has 6 saturated heterocycles. The Morgan fingerprint density at radius 2 is 0.698 bits per heavy atom. The van der Waals surface area contributed by atoms with Crippen LogP contribution in [0.4, 0.5) is 0 Å². The summed E-state index contributed by atoms with van der Waals surface area (Å²) in [6, 6.07) is 10.8. The van der Waals surface area contributed by atoms with Gasteiger partial charge in [-0.25, -0.2) is 0 Å². The molecule has 8 rings (SSSR count). The molecular formula is C40H50O13. The normalized spacial score (nSPS) is 30.5. The fraction of sp³-hybridized carbons (Fsp3) is 0.600. The van der Waals surface area contributed by atoms with Crippen LogP contribution in [0.25, 0.3) is 12.2 Å². The molecule has 0 radical (unpaired) electrons. The Morgan fingerprint density at radius 3 is 0.943 bits per heavy atom. The van der Waals surface area contributed by atoms with Crippen LogP contribution < -0.4 is 0 Å². The van der Waals surface area contributed by atoms with Crippen molar-refractivity contribution in [2.75, 3.05) is 39.6 Å². The maximum atomic E-state index is 11.6. The molecule has 2 aromatic rings. The highest BCUT2D eigenvalue weighted by molar-refractivity contribution is 5.58. The standard InChI is InChI=1S/C40H50O13/c41-33(9-27-15-47-27)23-1-21(2-24(7-23)34(42)10-28-16-48-28)5-39(37(45)13-31-19-51-31)53-40(38(46)14-32-20-52-32)6-22-3-25(35(43)11-29-17-49-29)8-26(4-22)36(44)12-30-18-50-30/h1-8,27-38,41-46H,9-20H2. The number of aliphatic hydroxyl groups excluding tert-OH is 6. The molecule has 6 aliphatic rings. The van der Waals surface area contributed by atoms with Crippen LogP contribution in [0.15, 0.2) is 47.9 Å². The lowest BCUT2D eigenvalue weighted by Gasteiger charge is -2.22. The van der Waals surface area contributed by atoms with Crippen LogP contribution >= 0.6 is 0 Å². The molecule has 6 fully saturated rings. The van der Waals surface area contributed by atoms with Crippen molar-refractivity contribution in [1.82, 2.24) is 0 Å². The Morgan fingerprint density at radius 1 is 0.453 bits per heavy atom. The van der Waals surface area contributed by atoms with Gasteiger partial charge in [0, 0.05) is 38.5 Å². The predicted molar refractivity (Wildman–Crippen MR) is 188 cm³/mol. The van der Waals surface area contributed by atoms with Crippen molar-refractivity contribution >= 4 is 12.2 Å². The minimum atomic E-state index is -1.13. The number of benzene rings is 2. The highest BCUT2D eigenvalue weighted by Crippen LogP contribution is 2.35. The van der Waals surface area contributed by atoms with Gasteiger partial charge in [0.15, 0.2) is 0 Å². The number of hydrogen-bond donors (Lipinski definition) is 6. The van der Waals surface area contributed by atoms with E-state index in [2.05, 4.69) is 0 Å². The molecule has 6 heterocycles. The molecule has 13 nitrogen and oxygen atoms in total. The third-order valence-corrected chi connectivity index (χ3v) is 10.4. The molecule has 53 heavy (non-hydrogen) atoms. The second kappa shape index (κ2) is 16.1. The van der Waals surface area contributed by atoms with E-state index in [0.717, 1.165) is 0 Å². The third-order valence-electron chi connectivity index (χ3n) is 10.4. The second-order valence-corrected chi connectivity index (χ2v) is 15.3. The van der Waals surface area contributed by atoms with Crippen LogP contribution in [0.3, 0.4) is 0 Å². The number of epoxide rings is 6. The molecule has 0 amide bonds. The predicted octanol–water partition coefficient (Wildman–Crippen LogP) is 2.67. The lowest BCUT2D eigenvalue weighted by Crippen LogP contribution is -2.21. The van der Waals surface area contributed by atoms with Crippen molar-refractivity contribution in [2.45, 2.75) is 112 Å². The van der Waals surface area contributed by atoms with E-state index < -0.39 is 36.6 Å². The molecule has 12 atom stereocenters. The van der Waals surface area contributed by atoms with Gasteiger partial charge in [0.1, 0.15) is 23.7 Å². The second-order valence-electron chi connectivity index (χ2n) is 15.3. The van der Waals surface area contributed by atoms with E-state index in [4.69, 9.17) is 33.2 Å². The Labute approximate surface area is 308 Å². The van der Waals surface area contributed by atoms with Crippen molar-refractivity contribution in [3.8, 4) is 0 Å². The number of ether oxygens (including phenoxy) is 7. The number of rotatable bonds is 22. The molecule has 13 heteroatoms. The van der Waals surface area contributed by atoms with E-state index in [9.17, 15) is 30.6 Å². The average Bonchev–Trinajstić information content (AvgIpc) is 3.90. The van der Waals surface area contributed by atoms with Crippen LogP contribution in [-0.2, 0) is 33.2 Å². The van der Waals surface area contributed by atoms with Crippen LogP contribution in [0.5, 0.6) is 0 Å². The molecule has 0 bridgehead atoms. The zero-order valence-electron chi connectivity index (χ0n) is 29.6. The molecule has 6 N–H and O–H groups in total. The Bertz CT molecular complexity index is 1440. The van der Waals surface area contributed by atoms with Crippen LogP contribution in [-0.4, -0.2) is 119 Å². The molecule has 0 spiro atoms. The maximum Gasteiger partial charge on any atom is 0.133 e. The highest BCUT2D eigenvalue weighted by Gasteiger charge is 2.34. The van der Waals surface area contributed by atoms with Crippen molar-refractivity contribution < 1.29 is 63.8 Å². The van der Waals surface area contributed by atoms with E-state index in [-0.39, 0.29) is 61.0 Å². The Hall–Kier alpha value is -2.76. The minimum Gasteiger partial charge on any atom is -0.461 e. The van der Waals surface area contributed by atoms with Gasteiger partial charge >= 0.3 is 0 Å². The van der Waals surface area contributed by atoms with Gasteiger partial charge in [0.05, 0.1) is 101 Å². The largest absolute Gasteiger partial charge is 0.461 e. The quantitative estimate of drug-likeness (QED) is 0.0761. The van der Waals surface area contributed by atoms with E-state index in [1.165, 1.54) is 0 Å². The molecule has 288 valence electrons. The number of hydrogen-bond acceptors (Lipinski definition) is 13. The Kier molecular flexibility index (Phi) is 11.3. The molecule has 0 aromatic heterocycles. The van der Waals surface area contributed by atoms with E-state index in [0.29, 0.717) is 98.7 Å². The number of aliphatic hydroxyl groups is 6. The zero-order valence-corrected chi connectivity index (χ0v) is 29.6. The summed E-state index contributed by atoms with van der Waals surface area (Å²) in [5.74, 6) is 0.276. The average molecular weight is 739 g/mol. The summed E-state index contributed by atoms with van der Waals surface area (Å²) in [4.78, 5) is 0. The van der Waals surface area contributed by atoms with Gasteiger partial charge in [-0.05, 0) is 69.8 Å². The van der Waals surface area contributed by atoms with Gasteiger partial charge in [-0.1, -0.05) is 12.1 Å². The van der Waals surface area contributed by atoms with Gasteiger partial charge < -0.3 is 63.8 Å². The van der Waals surface area contributed by atoms with Gasteiger partial charge in [-0.15, -0.1) is 0 Å². The Balaban J connectivity index is 1.15. The molecule has 2 aromatic carbocycles. The molecule has 0 aliphatic carbocycles. The van der Waals surface area contributed by atoms with Crippen LogP contribution in [0, 0.1) is 0 Å². The summed E-state index contributed by atoms with van der Waals surface area (Å²) in [6.45, 7) is 3.39. The summed E-state index contributed by atoms with van der Waals surface area (Å²) in [5, 5.41) is 67.6. The lowest BCUT2D eigenvalue weighted by molar-refractivity contribution is 0.0801. The highest BCUT2D eigenvalue weighted by atomic mass is 16.6. The monoisotopic (exact) mass is 738 g/mol. The lowest BCUT2D eigenvalue weighted by atomic mass is 9.94. The summed E-state index contributed by atoms with van der Waals surface area (Å²) >= 11 is 0. The zero-order chi connectivity index (χ0) is 36.6. The van der Waals surface area contributed by atoms with E-state index in [1.54, 1.807) is 48.6 Å². The SMILES string of the molecule is OC(CC1CO1)C(=Cc1cc(C(O)CC2CO2)cc(C(O)CC2CO2)c1)OC(=Cc1cc(C(O)CC2CO2)cc(C(O)CC2CO2)c1)C(O)CC1CO1. The van der Waals surface area contributed by atoms with Crippen molar-refractivity contribution in [1.29, 1.82) is 0 Å². The van der Waals surface area contributed by atoms with Gasteiger partial charge in [-0.3, -0.25) is 0 Å². The topological polar surface area (TPSA) is 206 Å². The summed E-state index contributed by atoms with van der Waals surface area (Å²) in [7, 11) is 0.